The Morgan fingerprint density at radius 2 is 2.17 bits per heavy atom. The van der Waals surface area contributed by atoms with E-state index in [0.717, 1.165) is 29.8 Å². The van der Waals surface area contributed by atoms with Crippen molar-refractivity contribution in [1.82, 2.24) is 4.90 Å². The molecule has 3 nitrogen and oxygen atoms in total. The van der Waals surface area contributed by atoms with Crippen LogP contribution in [0.4, 0.5) is 5.69 Å². The molecule has 3 heteroatoms. The predicted molar refractivity (Wildman–Crippen MR) is 75.6 cm³/mol. The number of benzene rings is 1. The van der Waals surface area contributed by atoms with Gasteiger partial charge in [0.25, 0.3) is 0 Å². The lowest BCUT2D eigenvalue weighted by atomic mass is 9.95. The van der Waals surface area contributed by atoms with Crippen LogP contribution in [-0.4, -0.2) is 25.1 Å². The van der Waals surface area contributed by atoms with Gasteiger partial charge in [-0.3, -0.25) is 4.90 Å². The average molecular weight is 248 g/mol. The van der Waals surface area contributed by atoms with Crippen LogP contribution in [0.5, 0.6) is 5.75 Å². The number of hydrogen-bond acceptors (Lipinski definition) is 3. The van der Waals surface area contributed by atoms with Crippen molar-refractivity contribution in [3.63, 3.8) is 0 Å². The summed E-state index contributed by atoms with van der Waals surface area (Å²) < 4.78 is 5.26. The number of anilines is 1. The summed E-state index contributed by atoms with van der Waals surface area (Å²) in [7, 11) is 1.68. The molecule has 2 rings (SSSR count). The maximum Gasteiger partial charge on any atom is 0.121 e. The molecule has 1 fully saturated rings. The van der Waals surface area contributed by atoms with Gasteiger partial charge in [0.2, 0.25) is 0 Å². The molecule has 0 aliphatic carbocycles. The molecule has 0 aromatic heterocycles. The third-order valence-corrected chi connectivity index (χ3v) is 3.88. The summed E-state index contributed by atoms with van der Waals surface area (Å²) in [5.41, 5.74) is 7.91. The van der Waals surface area contributed by atoms with Gasteiger partial charge in [0.05, 0.1) is 7.11 Å². The van der Waals surface area contributed by atoms with Gasteiger partial charge in [-0.05, 0) is 42.5 Å². The molecule has 1 heterocycles. The molecule has 0 spiro atoms. The van der Waals surface area contributed by atoms with Crippen LogP contribution in [0.1, 0.15) is 25.8 Å². The lowest BCUT2D eigenvalue weighted by molar-refractivity contribution is 0.296. The summed E-state index contributed by atoms with van der Waals surface area (Å²) in [4.78, 5) is 2.51. The van der Waals surface area contributed by atoms with Crippen molar-refractivity contribution < 1.29 is 4.74 Å². The van der Waals surface area contributed by atoms with Crippen molar-refractivity contribution in [3.05, 3.63) is 23.8 Å². The fourth-order valence-corrected chi connectivity index (χ4v) is 2.70. The van der Waals surface area contributed by atoms with Crippen LogP contribution in [0, 0.1) is 11.8 Å². The van der Waals surface area contributed by atoms with E-state index in [1.165, 1.54) is 25.1 Å². The van der Waals surface area contributed by atoms with Crippen LogP contribution >= 0.6 is 0 Å². The lowest BCUT2D eigenvalue weighted by Gasteiger charge is -2.18. The first kappa shape index (κ1) is 13.2. The van der Waals surface area contributed by atoms with Gasteiger partial charge in [-0.2, -0.15) is 0 Å². The lowest BCUT2D eigenvalue weighted by Crippen LogP contribution is -2.21. The molecule has 1 aromatic carbocycles. The molecule has 1 saturated heterocycles. The van der Waals surface area contributed by atoms with Gasteiger partial charge >= 0.3 is 0 Å². The fourth-order valence-electron chi connectivity index (χ4n) is 2.70. The van der Waals surface area contributed by atoms with E-state index in [1.807, 2.05) is 12.1 Å². The number of hydrogen-bond donors (Lipinski definition) is 1. The average Bonchev–Trinajstić information content (AvgIpc) is 2.76. The van der Waals surface area contributed by atoms with E-state index in [2.05, 4.69) is 24.8 Å². The van der Waals surface area contributed by atoms with Crippen molar-refractivity contribution in [2.75, 3.05) is 25.9 Å². The van der Waals surface area contributed by atoms with E-state index in [0.29, 0.717) is 0 Å². The maximum atomic E-state index is 5.89. The van der Waals surface area contributed by atoms with Crippen LogP contribution in [0.3, 0.4) is 0 Å². The molecule has 1 aliphatic rings. The molecule has 1 aromatic rings. The summed E-state index contributed by atoms with van der Waals surface area (Å²) in [6, 6.07) is 5.99. The Labute approximate surface area is 110 Å². The molecule has 2 N–H and O–H groups in total. The van der Waals surface area contributed by atoms with Crippen LogP contribution in [-0.2, 0) is 6.54 Å². The van der Waals surface area contributed by atoms with Crippen LogP contribution < -0.4 is 10.5 Å². The topological polar surface area (TPSA) is 38.5 Å². The third kappa shape index (κ3) is 3.16. The first-order chi connectivity index (χ1) is 8.58. The Balaban J connectivity index is 2.00. The minimum atomic E-state index is 0.781. The summed E-state index contributed by atoms with van der Waals surface area (Å²) in [5.74, 6) is 2.47. The second-order valence-corrected chi connectivity index (χ2v) is 5.64. The summed E-state index contributed by atoms with van der Waals surface area (Å²) in [5, 5.41) is 0. The fraction of sp³-hybridized carbons (Fsp3) is 0.600. The number of rotatable bonds is 4. The quantitative estimate of drug-likeness (QED) is 0.833. The second kappa shape index (κ2) is 5.61. The number of nitrogens with two attached hydrogens (primary N) is 1. The van der Waals surface area contributed by atoms with Crippen LogP contribution in [0.2, 0.25) is 0 Å². The molecule has 1 unspecified atom stereocenters. The highest BCUT2D eigenvalue weighted by atomic mass is 16.5. The van der Waals surface area contributed by atoms with Crippen molar-refractivity contribution in [2.45, 2.75) is 26.8 Å². The molecule has 0 radical (unpaired) electrons. The number of ether oxygens (including phenoxy) is 1. The highest BCUT2D eigenvalue weighted by Crippen LogP contribution is 2.26. The molecule has 0 saturated carbocycles. The zero-order valence-corrected chi connectivity index (χ0v) is 11.6. The second-order valence-electron chi connectivity index (χ2n) is 5.64. The van der Waals surface area contributed by atoms with Gasteiger partial charge in [0.1, 0.15) is 5.75 Å². The number of nitrogens with zero attached hydrogens (tertiary/aromatic N) is 1. The van der Waals surface area contributed by atoms with E-state index >= 15 is 0 Å². The summed E-state index contributed by atoms with van der Waals surface area (Å²) >= 11 is 0. The molecule has 0 amide bonds. The van der Waals surface area contributed by atoms with Gasteiger partial charge in [-0.15, -0.1) is 0 Å². The van der Waals surface area contributed by atoms with Gasteiger partial charge in [0.15, 0.2) is 0 Å². The molecule has 0 bridgehead atoms. The predicted octanol–water partition coefficient (Wildman–Crippen LogP) is 2.76. The minimum Gasteiger partial charge on any atom is -0.497 e. The van der Waals surface area contributed by atoms with Gasteiger partial charge in [-0.25, -0.2) is 0 Å². The highest BCUT2D eigenvalue weighted by Gasteiger charge is 2.24. The van der Waals surface area contributed by atoms with E-state index in [4.69, 9.17) is 10.5 Å². The molecular weight excluding hydrogens is 224 g/mol. The van der Waals surface area contributed by atoms with Crippen molar-refractivity contribution in [3.8, 4) is 5.75 Å². The zero-order valence-electron chi connectivity index (χ0n) is 11.6. The first-order valence-corrected chi connectivity index (χ1v) is 6.74. The van der Waals surface area contributed by atoms with Crippen LogP contribution in [0.25, 0.3) is 0 Å². The molecule has 1 atom stereocenters. The van der Waals surface area contributed by atoms with Gasteiger partial charge in [0, 0.05) is 24.8 Å². The smallest absolute Gasteiger partial charge is 0.121 e. The third-order valence-electron chi connectivity index (χ3n) is 3.88. The van der Waals surface area contributed by atoms with Gasteiger partial charge < -0.3 is 10.5 Å². The Morgan fingerprint density at radius 3 is 2.78 bits per heavy atom. The van der Waals surface area contributed by atoms with Crippen molar-refractivity contribution >= 4 is 5.69 Å². The summed E-state index contributed by atoms with van der Waals surface area (Å²) in [6.07, 6.45) is 1.32. The number of methoxy groups -OCH3 is 1. The Morgan fingerprint density at radius 1 is 1.39 bits per heavy atom. The number of nitrogen functional groups attached to an aromatic ring is 1. The van der Waals surface area contributed by atoms with Gasteiger partial charge in [-0.1, -0.05) is 13.8 Å². The molecular formula is C15H24N2O. The molecule has 1 aliphatic heterocycles. The van der Waals surface area contributed by atoms with E-state index in [-0.39, 0.29) is 0 Å². The SMILES string of the molecule is COc1cc(N)cc(CN2CCC(C(C)C)C2)c1. The Kier molecular flexibility index (Phi) is 4.12. The Hall–Kier alpha value is -1.22. The maximum absolute atomic E-state index is 5.89. The zero-order chi connectivity index (χ0) is 13.1. The number of likely N-dealkylation sites (tertiary alicyclic amines) is 1. The molecule has 18 heavy (non-hydrogen) atoms. The van der Waals surface area contributed by atoms with E-state index in [1.54, 1.807) is 7.11 Å². The summed E-state index contributed by atoms with van der Waals surface area (Å²) in [6.45, 7) is 8.01. The van der Waals surface area contributed by atoms with Crippen molar-refractivity contribution in [1.29, 1.82) is 0 Å². The molecule has 100 valence electrons. The Bertz CT molecular complexity index is 403. The van der Waals surface area contributed by atoms with E-state index in [9.17, 15) is 0 Å². The largest absolute Gasteiger partial charge is 0.497 e. The first-order valence-electron chi connectivity index (χ1n) is 6.74. The standard InChI is InChI=1S/C15H24N2O/c1-11(2)13-4-5-17(10-13)9-12-6-14(16)8-15(7-12)18-3/h6-8,11,13H,4-5,9-10,16H2,1-3H3. The van der Waals surface area contributed by atoms with Crippen LogP contribution in [0.15, 0.2) is 18.2 Å². The van der Waals surface area contributed by atoms with E-state index < -0.39 is 0 Å². The normalized spacial score (nSPS) is 20.6. The minimum absolute atomic E-state index is 0.781. The monoisotopic (exact) mass is 248 g/mol. The van der Waals surface area contributed by atoms with Crippen molar-refractivity contribution in [2.24, 2.45) is 11.8 Å². The highest BCUT2D eigenvalue weighted by molar-refractivity contribution is 5.47.